The molecule has 0 aromatic heterocycles. The molecule has 3 nitrogen and oxygen atoms in total. The summed E-state index contributed by atoms with van der Waals surface area (Å²) in [5.41, 5.74) is 8.17. The fraction of sp³-hybridized carbons (Fsp3) is 0.538. The average molecular weight is 222 g/mol. The minimum atomic E-state index is 0.0933. The first-order valence-electron chi connectivity index (χ1n) is 5.63. The maximum atomic E-state index is 5.81. The second-order valence-electron chi connectivity index (χ2n) is 4.30. The molecule has 2 N–H and O–H groups in total. The fourth-order valence-corrected chi connectivity index (χ4v) is 1.62. The molecule has 0 saturated carbocycles. The zero-order valence-corrected chi connectivity index (χ0v) is 10.6. The lowest BCUT2D eigenvalue weighted by Gasteiger charge is -2.26. The molecule has 1 rings (SSSR count). The summed E-state index contributed by atoms with van der Waals surface area (Å²) in [6, 6.07) is 8.82. The largest absolute Gasteiger partial charge is 0.383 e. The van der Waals surface area contributed by atoms with Crippen molar-refractivity contribution in [2.75, 3.05) is 25.7 Å². The Hall–Kier alpha value is -1.06. The molecule has 0 bridgehead atoms. The summed E-state index contributed by atoms with van der Waals surface area (Å²) in [6.07, 6.45) is 0. The van der Waals surface area contributed by atoms with Crippen molar-refractivity contribution >= 4 is 5.69 Å². The number of hydrogen-bond donors (Lipinski definition) is 1. The second-order valence-corrected chi connectivity index (χ2v) is 4.30. The van der Waals surface area contributed by atoms with Crippen LogP contribution in [0.3, 0.4) is 0 Å². The molecule has 0 fully saturated rings. The summed E-state index contributed by atoms with van der Waals surface area (Å²) < 4.78 is 5.15. The van der Waals surface area contributed by atoms with Crippen LogP contribution >= 0.6 is 0 Å². The maximum absolute atomic E-state index is 5.81. The highest BCUT2D eigenvalue weighted by atomic mass is 16.5. The molecule has 0 aliphatic rings. The van der Waals surface area contributed by atoms with Gasteiger partial charge in [0.2, 0.25) is 0 Å². The third-order valence-electron chi connectivity index (χ3n) is 2.90. The lowest BCUT2D eigenvalue weighted by molar-refractivity contribution is 0.183. The molecule has 0 radical (unpaired) electrons. The van der Waals surface area contributed by atoms with Gasteiger partial charge >= 0.3 is 0 Å². The molecule has 90 valence electrons. The Kier molecular flexibility index (Phi) is 4.77. The number of rotatable bonds is 5. The van der Waals surface area contributed by atoms with Gasteiger partial charge in [-0.3, -0.25) is 0 Å². The van der Waals surface area contributed by atoms with Crippen molar-refractivity contribution in [3.8, 4) is 0 Å². The lowest BCUT2D eigenvalue weighted by atomic mass is 10.1. The first kappa shape index (κ1) is 13.0. The van der Waals surface area contributed by atoms with Gasteiger partial charge in [0, 0.05) is 31.9 Å². The van der Waals surface area contributed by atoms with Crippen molar-refractivity contribution in [3.63, 3.8) is 0 Å². The van der Waals surface area contributed by atoms with Crippen LogP contribution in [0.2, 0.25) is 0 Å². The highest BCUT2D eigenvalue weighted by Crippen LogP contribution is 2.18. The van der Waals surface area contributed by atoms with E-state index in [9.17, 15) is 0 Å². The number of hydrogen-bond acceptors (Lipinski definition) is 3. The van der Waals surface area contributed by atoms with Crippen LogP contribution in [0.15, 0.2) is 24.3 Å². The maximum Gasteiger partial charge on any atom is 0.0663 e. The Labute approximate surface area is 98.2 Å². The fourth-order valence-electron chi connectivity index (χ4n) is 1.62. The number of ether oxygens (including phenoxy) is 1. The van der Waals surface area contributed by atoms with Crippen LogP contribution in [-0.4, -0.2) is 26.8 Å². The summed E-state index contributed by atoms with van der Waals surface area (Å²) in [5.74, 6) is 0. The Morgan fingerprint density at radius 1 is 1.25 bits per heavy atom. The van der Waals surface area contributed by atoms with Crippen molar-refractivity contribution in [3.05, 3.63) is 29.8 Å². The smallest absolute Gasteiger partial charge is 0.0663 e. The first-order chi connectivity index (χ1) is 7.56. The molecule has 0 aliphatic heterocycles. The minimum absolute atomic E-state index is 0.0933. The predicted octanol–water partition coefficient (Wildman–Crippen LogP) is 2.18. The van der Waals surface area contributed by atoms with Crippen LogP contribution in [0.5, 0.6) is 0 Å². The van der Waals surface area contributed by atoms with E-state index in [0.717, 1.165) is 12.2 Å². The Bertz CT molecular complexity index is 308. The molecule has 1 aromatic rings. The first-order valence-corrected chi connectivity index (χ1v) is 5.63. The van der Waals surface area contributed by atoms with E-state index in [1.165, 1.54) is 5.69 Å². The highest BCUT2D eigenvalue weighted by molar-refractivity contribution is 5.48. The van der Waals surface area contributed by atoms with Crippen LogP contribution in [-0.2, 0) is 4.74 Å². The number of nitrogens with zero attached hydrogens (tertiary/aromatic N) is 1. The van der Waals surface area contributed by atoms with Gasteiger partial charge in [-0.25, -0.2) is 0 Å². The van der Waals surface area contributed by atoms with Crippen molar-refractivity contribution in [1.82, 2.24) is 0 Å². The van der Waals surface area contributed by atoms with E-state index in [1.807, 2.05) is 6.92 Å². The van der Waals surface area contributed by atoms with E-state index >= 15 is 0 Å². The number of likely N-dealkylation sites (N-methyl/N-ethyl adjacent to an activating group) is 1. The third kappa shape index (κ3) is 3.22. The number of methoxy groups -OCH3 is 1. The lowest BCUT2D eigenvalue weighted by Crippen LogP contribution is -2.32. The van der Waals surface area contributed by atoms with Gasteiger partial charge in [-0.05, 0) is 31.5 Å². The summed E-state index contributed by atoms with van der Waals surface area (Å²) in [7, 11) is 3.80. The highest BCUT2D eigenvalue weighted by Gasteiger charge is 2.09. The second kappa shape index (κ2) is 5.87. The summed E-state index contributed by atoms with van der Waals surface area (Å²) >= 11 is 0. The third-order valence-corrected chi connectivity index (χ3v) is 2.90. The van der Waals surface area contributed by atoms with Gasteiger partial charge in [-0.1, -0.05) is 12.1 Å². The van der Waals surface area contributed by atoms with E-state index in [0.29, 0.717) is 6.04 Å². The van der Waals surface area contributed by atoms with E-state index in [1.54, 1.807) is 7.11 Å². The summed E-state index contributed by atoms with van der Waals surface area (Å²) in [4.78, 5) is 2.20. The molecule has 0 aliphatic carbocycles. The monoisotopic (exact) mass is 222 g/mol. The average Bonchev–Trinajstić information content (AvgIpc) is 2.28. The van der Waals surface area contributed by atoms with Crippen LogP contribution in [0.1, 0.15) is 25.5 Å². The van der Waals surface area contributed by atoms with Crippen molar-refractivity contribution in [2.45, 2.75) is 25.9 Å². The topological polar surface area (TPSA) is 38.5 Å². The molecule has 0 heterocycles. The molecule has 3 heteroatoms. The Morgan fingerprint density at radius 3 is 2.25 bits per heavy atom. The standard InChI is InChI=1S/C13H22N2O/c1-10(9-16-4)15(3)13-7-5-12(6-8-13)11(2)14/h5-8,10-11H,9,14H2,1-4H3/t10?,11-/m0/s1. The molecule has 1 aromatic carbocycles. The van der Waals surface area contributed by atoms with Crippen LogP contribution in [0, 0.1) is 0 Å². The zero-order valence-electron chi connectivity index (χ0n) is 10.6. The van der Waals surface area contributed by atoms with Gasteiger partial charge in [0.1, 0.15) is 0 Å². The van der Waals surface area contributed by atoms with Crippen LogP contribution < -0.4 is 10.6 Å². The molecule has 0 amide bonds. The van der Waals surface area contributed by atoms with Crippen molar-refractivity contribution < 1.29 is 4.74 Å². The molecule has 0 saturated heterocycles. The van der Waals surface area contributed by atoms with Gasteiger partial charge < -0.3 is 15.4 Å². The Morgan fingerprint density at radius 2 is 1.81 bits per heavy atom. The molecule has 2 atom stereocenters. The number of nitrogens with two attached hydrogens (primary N) is 1. The summed E-state index contributed by atoms with van der Waals surface area (Å²) in [6.45, 7) is 4.86. The van der Waals surface area contributed by atoms with E-state index in [2.05, 4.69) is 43.1 Å². The van der Waals surface area contributed by atoms with Crippen molar-refractivity contribution in [2.24, 2.45) is 5.73 Å². The van der Waals surface area contributed by atoms with Gasteiger partial charge in [-0.15, -0.1) is 0 Å². The van der Waals surface area contributed by atoms with Gasteiger partial charge in [-0.2, -0.15) is 0 Å². The minimum Gasteiger partial charge on any atom is -0.383 e. The number of anilines is 1. The van der Waals surface area contributed by atoms with Crippen LogP contribution in [0.25, 0.3) is 0 Å². The van der Waals surface area contributed by atoms with E-state index < -0.39 is 0 Å². The van der Waals surface area contributed by atoms with Gasteiger partial charge in [0.05, 0.1) is 6.61 Å². The van der Waals surface area contributed by atoms with Gasteiger partial charge in [0.15, 0.2) is 0 Å². The predicted molar refractivity (Wildman–Crippen MR) is 68.8 cm³/mol. The summed E-state index contributed by atoms with van der Waals surface area (Å²) in [5, 5.41) is 0. The molecule has 0 spiro atoms. The molecule has 16 heavy (non-hydrogen) atoms. The number of benzene rings is 1. The molecular formula is C13H22N2O. The van der Waals surface area contributed by atoms with Crippen molar-refractivity contribution in [1.29, 1.82) is 0 Å². The molecular weight excluding hydrogens is 200 g/mol. The zero-order chi connectivity index (χ0) is 12.1. The van der Waals surface area contributed by atoms with E-state index in [4.69, 9.17) is 10.5 Å². The molecule has 1 unspecified atom stereocenters. The SMILES string of the molecule is COCC(C)N(C)c1ccc([C@H](C)N)cc1. The van der Waals surface area contributed by atoms with E-state index in [-0.39, 0.29) is 6.04 Å². The quantitative estimate of drug-likeness (QED) is 0.830. The Balaban J connectivity index is 2.73. The van der Waals surface area contributed by atoms with Crippen LogP contribution in [0.4, 0.5) is 5.69 Å². The normalized spacial score (nSPS) is 14.6. The van der Waals surface area contributed by atoms with Gasteiger partial charge in [0.25, 0.3) is 0 Å².